The van der Waals surface area contributed by atoms with Gasteiger partial charge in [-0.3, -0.25) is 23.9 Å². The molecule has 1 aromatic rings. The van der Waals surface area contributed by atoms with E-state index < -0.39 is 74.2 Å². The maximum absolute atomic E-state index is 15.1. The number of piperidine rings is 1. The number of fused-ring (bicyclic) bond motifs is 1. The molecule has 3 heterocycles. The summed E-state index contributed by atoms with van der Waals surface area (Å²) in [4.78, 5) is 77.7. The number of nitrogens with zero attached hydrogens (tertiary/aromatic N) is 3. The highest BCUT2D eigenvalue weighted by molar-refractivity contribution is 7.90. The summed E-state index contributed by atoms with van der Waals surface area (Å²) in [6.45, 7) is 18.2. The number of likely N-dealkylation sites (tertiary alicyclic amines) is 2. The molecule has 17 heteroatoms. The molecule has 2 saturated heterocycles. The summed E-state index contributed by atoms with van der Waals surface area (Å²) >= 11 is 0. The first kappa shape index (κ1) is 51.0. The van der Waals surface area contributed by atoms with E-state index in [9.17, 15) is 27.6 Å². The molecule has 2 bridgehead atoms. The quantitative estimate of drug-likeness (QED) is 0.167. The molecule has 1 aromatic carbocycles. The summed E-state index contributed by atoms with van der Waals surface area (Å²) < 4.78 is 45.8. The zero-order valence-electron chi connectivity index (χ0n) is 40.3. The number of allylic oxidation sites excluding steroid dienone is 4. The number of methoxy groups -OCH3 is 1. The molecule has 0 spiro atoms. The van der Waals surface area contributed by atoms with Crippen LogP contribution in [0, 0.1) is 29.1 Å². The van der Waals surface area contributed by atoms with Crippen molar-refractivity contribution in [2.24, 2.45) is 34.1 Å². The van der Waals surface area contributed by atoms with Crippen LogP contribution in [0.5, 0.6) is 0 Å². The number of ether oxygens (including phenoxy) is 3. The minimum absolute atomic E-state index is 0.00230. The number of rotatable bonds is 16. The summed E-state index contributed by atoms with van der Waals surface area (Å²) in [5.41, 5.74) is 0.912. The average Bonchev–Trinajstić information content (AvgIpc) is 4.09. The lowest BCUT2D eigenvalue weighted by atomic mass is 9.77. The van der Waals surface area contributed by atoms with Crippen LogP contribution in [0.2, 0.25) is 0 Å². The first-order chi connectivity index (χ1) is 31.5. The van der Waals surface area contributed by atoms with Crippen LogP contribution in [-0.2, 0) is 43.4 Å². The fourth-order valence-corrected chi connectivity index (χ4v) is 10.4. The molecular formula is C50H70N6O10S. The van der Waals surface area contributed by atoms with Gasteiger partial charge in [0, 0.05) is 62.0 Å². The Kier molecular flexibility index (Phi) is 16.2. The van der Waals surface area contributed by atoms with E-state index in [1.807, 2.05) is 69.3 Å². The van der Waals surface area contributed by atoms with Gasteiger partial charge in [-0.15, -0.1) is 6.58 Å². The molecule has 0 radical (unpaired) electrons. The molecule has 366 valence electrons. The Morgan fingerprint density at radius 1 is 0.955 bits per heavy atom. The number of sulfonamides is 1. The lowest BCUT2D eigenvalue weighted by molar-refractivity contribution is -0.148. The predicted octanol–water partition coefficient (Wildman–Crippen LogP) is 5.91. The highest BCUT2D eigenvalue weighted by Crippen LogP contribution is 2.39. The van der Waals surface area contributed by atoms with Crippen molar-refractivity contribution >= 4 is 45.5 Å². The molecule has 3 unspecified atom stereocenters. The Morgan fingerprint density at radius 2 is 1.64 bits per heavy atom. The number of hydrogen-bond donors (Lipinski definition) is 3. The van der Waals surface area contributed by atoms with Crippen molar-refractivity contribution in [2.45, 2.75) is 129 Å². The summed E-state index contributed by atoms with van der Waals surface area (Å²) in [7, 11) is -2.28. The van der Waals surface area contributed by atoms with E-state index >= 15 is 4.79 Å². The maximum Gasteiger partial charge on any atom is 0.407 e. The van der Waals surface area contributed by atoms with E-state index in [0.29, 0.717) is 63.2 Å². The van der Waals surface area contributed by atoms with Crippen molar-refractivity contribution in [3.05, 3.63) is 84.0 Å². The number of benzene rings is 1. The number of carbonyl (C=O) groups excluding carboxylic acids is 5. The SMILES string of the molecule is C=CC[C@@H](NC(=O)[C@@H]1CC(OC2=CC(c3ccccc3)=NC3=CC2CC(C)C(OC)=C3)CN1C(=O)[C@@H](CC(=O)N1CCC(CNC(=O)OC(C)(C)C)CC1)C(C)(C)C)C(=O)NS(=O)(=O)C1CC1. The highest BCUT2D eigenvalue weighted by atomic mass is 32.2. The minimum Gasteiger partial charge on any atom is -0.501 e. The Labute approximate surface area is 396 Å². The topological polar surface area (TPSA) is 202 Å². The van der Waals surface area contributed by atoms with Crippen LogP contribution < -0.4 is 15.4 Å². The monoisotopic (exact) mass is 946 g/mol. The molecule has 5 amide bonds. The van der Waals surface area contributed by atoms with Crippen LogP contribution in [0.4, 0.5) is 4.79 Å². The maximum atomic E-state index is 15.1. The van der Waals surface area contributed by atoms with Gasteiger partial charge in [0.2, 0.25) is 27.7 Å². The third kappa shape index (κ3) is 13.6. The zero-order valence-corrected chi connectivity index (χ0v) is 41.2. The van der Waals surface area contributed by atoms with Crippen LogP contribution in [0.1, 0.15) is 105 Å². The van der Waals surface area contributed by atoms with Crippen molar-refractivity contribution in [1.82, 2.24) is 25.2 Å². The summed E-state index contributed by atoms with van der Waals surface area (Å²) in [5.74, 6) is -1.68. The zero-order chi connectivity index (χ0) is 48.8. The lowest BCUT2D eigenvalue weighted by Gasteiger charge is -2.37. The Morgan fingerprint density at radius 3 is 2.25 bits per heavy atom. The minimum atomic E-state index is -3.92. The molecule has 3 aliphatic heterocycles. The number of amides is 5. The summed E-state index contributed by atoms with van der Waals surface area (Å²) in [5, 5.41) is 4.92. The third-order valence-corrected chi connectivity index (χ3v) is 14.8. The summed E-state index contributed by atoms with van der Waals surface area (Å²) in [6.07, 6.45) is 8.87. The van der Waals surface area contributed by atoms with Crippen LogP contribution in [0.3, 0.4) is 0 Å². The molecule has 2 aliphatic carbocycles. The van der Waals surface area contributed by atoms with E-state index in [1.54, 1.807) is 32.8 Å². The lowest BCUT2D eigenvalue weighted by Crippen LogP contribution is -2.55. The van der Waals surface area contributed by atoms with Crippen molar-refractivity contribution in [1.29, 1.82) is 0 Å². The smallest absolute Gasteiger partial charge is 0.407 e. The predicted molar refractivity (Wildman–Crippen MR) is 254 cm³/mol. The molecule has 16 nitrogen and oxygen atoms in total. The van der Waals surface area contributed by atoms with Crippen LogP contribution >= 0.6 is 0 Å². The van der Waals surface area contributed by atoms with Crippen molar-refractivity contribution < 1.29 is 46.6 Å². The molecule has 6 rings (SSSR count). The van der Waals surface area contributed by atoms with Gasteiger partial charge in [-0.2, -0.15) is 0 Å². The van der Waals surface area contributed by atoms with Crippen molar-refractivity contribution in [3.8, 4) is 0 Å². The van der Waals surface area contributed by atoms with Crippen molar-refractivity contribution in [2.75, 3.05) is 33.3 Å². The molecule has 6 atom stereocenters. The number of alkyl carbamates (subject to hydrolysis) is 1. The van der Waals surface area contributed by atoms with Gasteiger partial charge in [0.05, 0.1) is 36.2 Å². The van der Waals surface area contributed by atoms with E-state index in [4.69, 9.17) is 19.2 Å². The van der Waals surface area contributed by atoms with Gasteiger partial charge >= 0.3 is 6.09 Å². The van der Waals surface area contributed by atoms with Gasteiger partial charge in [-0.25, -0.2) is 18.2 Å². The van der Waals surface area contributed by atoms with Gasteiger partial charge in [0.1, 0.15) is 35.3 Å². The molecule has 0 aromatic heterocycles. The van der Waals surface area contributed by atoms with Gasteiger partial charge in [-0.1, -0.05) is 64.1 Å². The normalized spacial score (nSPS) is 23.4. The van der Waals surface area contributed by atoms with Gasteiger partial charge < -0.3 is 34.6 Å². The van der Waals surface area contributed by atoms with E-state index in [0.717, 1.165) is 17.0 Å². The molecule has 3 fully saturated rings. The first-order valence-electron chi connectivity index (χ1n) is 23.6. The Balaban J connectivity index is 1.24. The fraction of sp³-hybridized carbons (Fsp3) is 0.600. The van der Waals surface area contributed by atoms with Gasteiger partial charge in [0.15, 0.2) is 0 Å². The molecule has 67 heavy (non-hydrogen) atoms. The largest absolute Gasteiger partial charge is 0.501 e. The van der Waals surface area contributed by atoms with Crippen LogP contribution in [-0.4, -0.2) is 116 Å². The second-order valence-electron chi connectivity index (χ2n) is 20.6. The summed E-state index contributed by atoms with van der Waals surface area (Å²) in [6, 6.07) is 7.28. The van der Waals surface area contributed by atoms with Crippen LogP contribution in [0.15, 0.2) is 83.4 Å². The number of nitrogens with one attached hydrogen (secondary N) is 3. The van der Waals surface area contributed by atoms with E-state index in [-0.39, 0.29) is 49.5 Å². The fourth-order valence-electron chi connectivity index (χ4n) is 9.03. The van der Waals surface area contributed by atoms with Crippen LogP contribution in [0.25, 0.3) is 0 Å². The molecular weight excluding hydrogens is 877 g/mol. The first-order valence-corrected chi connectivity index (χ1v) is 25.1. The third-order valence-electron chi connectivity index (χ3n) is 13.0. The second kappa shape index (κ2) is 21.2. The molecule has 1 saturated carbocycles. The standard InChI is InChI=1S/C50H70N6O10S/c1-10-14-39(45(58)54-67(62,63)37-17-18-37)53-46(59)41-26-36(65-43-28-40(33-15-12-11-13-16-33)52-35-24-34(43)23-31(2)42(25-35)64-9)30-56(41)47(60)38(49(3,4)5)27-44(57)55-21-19-32(20-22-55)29-51-48(61)66-50(6,7)8/h10-13,15-16,24-25,28,31-32,34,36-39,41H,1,14,17-23,26-27,29-30H2,2-9H3,(H,51,61)(H,53,59)(H,54,58)/t31?,34?,36?,38-,39-,41+/m1/s1. The van der Waals surface area contributed by atoms with Gasteiger partial charge in [0.25, 0.3) is 5.91 Å². The highest BCUT2D eigenvalue weighted by Gasteiger charge is 2.47. The Bertz CT molecular complexity index is 2260. The number of carbonyl (C=O) groups is 5. The second-order valence-corrected chi connectivity index (χ2v) is 22.6. The van der Waals surface area contributed by atoms with Gasteiger partial charge in [-0.05, 0) is 76.7 Å². The number of aliphatic imine (C=N–C) groups is 1. The van der Waals surface area contributed by atoms with E-state index in [1.165, 1.54) is 11.0 Å². The molecule has 5 aliphatic rings. The average molecular weight is 947 g/mol. The molecule has 3 N–H and O–H groups in total. The van der Waals surface area contributed by atoms with E-state index in [2.05, 4.69) is 28.9 Å². The Hall–Kier alpha value is -5.45. The van der Waals surface area contributed by atoms with Crippen molar-refractivity contribution in [3.63, 3.8) is 0 Å². The number of hydrogen-bond acceptors (Lipinski definition) is 11.